The van der Waals surface area contributed by atoms with E-state index < -0.39 is 0 Å². The Labute approximate surface area is 237 Å². The van der Waals surface area contributed by atoms with E-state index in [-0.39, 0.29) is 17.7 Å². The van der Waals surface area contributed by atoms with Gasteiger partial charge in [0.2, 0.25) is 0 Å². The average molecular weight is 578 g/mol. The fourth-order valence-electron chi connectivity index (χ4n) is 4.95. The van der Waals surface area contributed by atoms with Crippen LogP contribution in [0.3, 0.4) is 0 Å². The summed E-state index contributed by atoms with van der Waals surface area (Å²) in [5.41, 5.74) is 2.97. The van der Waals surface area contributed by atoms with E-state index in [0.29, 0.717) is 45.6 Å². The molecule has 1 aliphatic heterocycles. The lowest BCUT2D eigenvalue weighted by molar-refractivity contribution is -0.111. The molecule has 0 saturated carbocycles. The van der Waals surface area contributed by atoms with Crippen molar-refractivity contribution in [3.8, 4) is 11.5 Å². The number of nitrogens with zero attached hydrogens (tertiary/aromatic N) is 2. The van der Waals surface area contributed by atoms with Crippen LogP contribution in [-0.2, 0) is 11.3 Å². The van der Waals surface area contributed by atoms with Crippen molar-refractivity contribution < 1.29 is 19.2 Å². The van der Waals surface area contributed by atoms with Gasteiger partial charge in [0.15, 0.2) is 17.3 Å². The molecule has 0 spiro atoms. The third-order valence-corrected chi connectivity index (χ3v) is 9.44. The van der Waals surface area contributed by atoms with Gasteiger partial charge in [0, 0.05) is 26.0 Å². The third-order valence-electron chi connectivity index (χ3n) is 6.82. The highest BCUT2D eigenvalue weighted by Gasteiger charge is 2.34. The maximum Gasteiger partial charge on any atom is 0.257 e. The molecular formula is C29H24ClN3O4S2. The van der Waals surface area contributed by atoms with E-state index >= 15 is 0 Å². The number of aromatic nitrogens is 1. The molecule has 0 aliphatic carbocycles. The van der Waals surface area contributed by atoms with Gasteiger partial charge in [-0.05, 0) is 54.6 Å². The maximum absolute atomic E-state index is 13.8. The summed E-state index contributed by atoms with van der Waals surface area (Å²) >= 11 is 10.1. The number of aryl methyl sites for hydroxylation is 2. The lowest BCUT2D eigenvalue weighted by atomic mass is 9.88. The Morgan fingerprint density at radius 3 is 2.74 bits per heavy atom. The summed E-state index contributed by atoms with van der Waals surface area (Å²) in [6.07, 6.45) is 1.85. The normalized spacial score (nSPS) is 14.8. The summed E-state index contributed by atoms with van der Waals surface area (Å²) < 4.78 is 11.8. The molecule has 1 unspecified atom stereocenters. The first-order chi connectivity index (χ1) is 18.9. The molecule has 1 aliphatic rings. The number of nitrogens with one attached hydrogen (secondary N) is 1. The highest BCUT2D eigenvalue weighted by molar-refractivity contribution is 7.19. The zero-order valence-corrected chi connectivity index (χ0v) is 23.7. The molecule has 0 saturated heterocycles. The van der Waals surface area contributed by atoms with Crippen LogP contribution in [0.5, 0.6) is 11.5 Å². The van der Waals surface area contributed by atoms with Gasteiger partial charge in [-0.1, -0.05) is 41.0 Å². The van der Waals surface area contributed by atoms with Gasteiger partial charge >= 0.3 is 0 Å². The average Bonchev–Trinajstić information content (AvgIpc) is 3.65. The van der Waals surface area contributed by atoms with E-state index in [4.69, 9.17) is 20.9 Å². The van der Waals surface area contributed by atoms with Gasteiger partial charge in [0.25, 0.3) is 5.91 Å². The van der Waals surface area contributed by atoms with Crippen LogP contribution >= 0.6 is 34.3 Å². The molecule has 39 heavy (non-hydrogen) atoms. The van der Waals surface area contributed by atoms with Gasteiger partial charge in [-0.3, -0.25) is 4.79 Å². The number of carbonyl (C=O) groups is 1. The van der Waals surface area contributed by atoms with Crippen LogP contribution in [0.4, 0.5) is 5.69 Å². The lowest BCUT2D eigenvalue weighted by Crippen LogP contribution is -2.30. The molecule has 6 rings (SSSR count). The molecule has 3 aromatic heterocycles. The third kappa shape index (κ3) is 4.46. The second kappa shape index (κ2) is 10.1. The largest absolute Gasteiger partial charge is 0.504 e. The number of aromatic hydroxyl groups is 1. The molecule has 4 heterocycles. The molecule has 198 valence electrons. The summed E-state index contributed by atoms with van der Waals surface area (Å²) in [7, 11) is 1.51. The first-order valence-corrected chi connectivity index (χ1v) is 14.3. The number of phenolic OH excluding ortho intramolecular Hbond substituents is 1. The van der Waals surface area contributed by atoms with E-state index in [1.807, 2.05) is 41.9 Å². The summed E-state index contributed by atoms with van der Waals surface area (Å²) in [5.74, 6) is 0.466. The van der Waals surface area contributed by atoms with E-state index in [9.17, 15) is 9.90 Å². The minimum Gasteiger partial charge on any atom is -0.504 e. The van der Waals surface area contributed by atoms with Crippen molar-refractivity contribution in [2.45, 2.75) is 26.4 Å². The predicted octanol–water partition coefficient (Wildman–Crippen LogP) is 7.52. The van der Waals surface area contributed by atoms with E-state index in [2.05, 4.69) is 27.5 Å². The minimum atomic E-state index is -0.340. The number of rotatable bonds is 6. The number of hydrogen-bond donors (Lipinski definition) is 2. The highest BCUT2D eigenvalue weighted by atomic mass is 35.5. The summed E-state index contributed by atoms with van der Waals surface area (Å²) in [5, 5.41) is 21.4. The molecular weight excluding hydrogens is 554 g/mol. The first-order valence-electron chi connectivity index (χ1n) is 12.2. The maximum atomic E-state index is 13.8. The molecule has 5 aromatic rings. The molecule has 2 N–H and O–H groups in total. The summed E-state index contributed by atoms with van der Waals surface area (Å²) in [4.78, 5) is 18.0. The number of halogens is 1. The smallest absolute Gasteiger partial charge is 0.257 e. The Morgan fingerprint density at radius 2 is 2.05 bits per heavy atom. The van der Waals surface area contributed by atoms with Crippen LogP contribution in [0.1, 0.15) is 38.4 Å². The Morgan fingerprint density at radius 1 is 1.23 bits per heavy atom. The molecule has 1 atom stereocenters. The van der Waals surface area contributed by atoms with Crippen LogP contribution in [0, 0.1) is 13.8 Å². The minimum absolute atomic E-state index is 0.0433. The number of anilines is 1. The molecule has 0 bridgehead atoms. The standard InChI is InChI=1S/C29H24ClN3O4S2/c1-15-27(16(2)37-32-15)31-29(35)20-13-33(14-25-26(30)17-7-4-5-8-23(17)39-25)28(24-9-6-10-38-24)19-12-22(36-3)21(34)11-18(19)20/h4-13,28,34H,14H2,1-3H3,(H,31,35). The Kier molecular flexibility index (Phi) is 6.58. The Bertz CT molecular complexity index is 1720. The fraction of sp³-hybridized carbons (Fsp3) is 0.172. The van der Waals surface area contributed by atoms with Gasteiger partial charge in [-0.2, -0.15) is 0 Å². The van der Waals surface area contributed by atoms with E-state index in [1.54, 1.807) is 42.6 Å². The summed E-state index contributed by atoms with van der Waals surface area (Å²) in [6, 6.07) is 15.3. The van der Waals surface area contributed by atoms with Crippen molar-refractivity contribution in [3.63, 3.8) is 0 Å². The Balaban J connectivity index is 1.51. The van der Waals surface area contributed by atoms with Crippen molar-refractivity contribution in [2.24, 2.45) is 0 Å². The number of methoxy groups -OCH3 is 1. The van der Waals surface area contributed by atoms with Gasteiger partial charge in [0.1, 0.15) is 11.4 Å². The highest BCUT2D eigenvalue weighted by Crippen LogP contribution is 2.47. The molecule has 10 heteroatoms. The number of phenols is 1. The van der Waals surface area contributed by atoms with Crippen LogP contribution in [-0.4, -0.2) is 28.2 Å². The molecule has 0 radical (unpaired) electrons. The molecule has 7 nitrogen and oxygen atoms in total. The number of carbonyl (C=O) groups excluding carboxylic acids is 1. The number of ether oxygens (including phenoxy) is 1. The topological polar surface area (TPSA) is 87.8 Å². The quantitative estimate of drug-likeness (QED) is 0.217. The first kappa shape index (κ1) is 25.5. The van der Waals surface area contributed by atoms with Gasteiger partial charge in [-0.15, -0.1) is 22.7 Å². The fourth-order valence-corrected chi connectivity index (χ4v) is 7.32. The second-order valence-electron chi connectivity index (χ2n) is 9.23. The van der Waals surface area contributed by atoms with Crippen LogP contribution in [0.2, 0.25) is 5.02 Å². The van der Waals surface area contributed by atoms with E-state index in [0.717, 1.165) is 25.4 Å². The van der Waals surface area contributed by atoms with Crippen LogP contribution in [0.25, 0.3) is 15.7 Å². The molecule has 0 fully saturated rings. The molecule has 1 amide bonds. The van der Waals surface area contributed by atoms with Crippen LogP contribution in [0.15, 0.2) is 64.6 Å². The molecule has 2 aromatic carbocycles. The number of benzene rings is 2. The lowest BCUT2D eigenvalue weighted by Gasteiger charge is -2.36. The summed E-state index contributed by atoms with van der Waals surface area (Å²) in [6.45, 7) is 4.00. The monoisotopic (exact) mass is 577 g/mol. The van der Waals surface area contributed by atoms with Crippen molar-refractivity contribution in [3.05, 3.63) is 97.5 Å². The number of fused-ring (bicyclic) bond motifs is 2. The number of thiophene rings is 2. The van der Waals surface area contributed by atoms with Crippen molar-refractivity contribution in [1.29, 1.82) is 0 Å². The van der Waals surface area contributed by atoms with Gasteiger partial charge in [0.05, 0.1) is 30.3 Å². The van der Waals surface area contributed by atoms with Crippen LogP contribution < -0.4 is 10.1 Å². The number of amides is 1. The second-order valence-corrected chi connectivity index (χ2v) is 11.7. The number of hydrogen-bond acceptors (Lipinski definition) is 8. The zero-order valence-electron chi connectivity index (χ0n) is 21.3. The van der Waals surface area contributed by atoms with Gasteiger partial charge in [-0.25, -0.2) is 0 Å². The van der Waals surface area contributed by atoms with Crippen molar-refractivity contribution >= 4 is 61.5 Å². The predicted molar refractivity (Wildman–Crippen MR) is 156 cm³/mol. The van der Waals surface area contributed by atoms with E-state index in [1.165, 1.54) is 7.11 Å². The SMILES string of the molecule is COc1cc2c(cc1O)C(C(=O)Nc1c(C)noc1C)=CN(Cc1sc3ccccc3c1Cl)C2c1cccs1. The van der Waals surface area contributed by atoms with Crippen molar-refractivity contribution in [1.82, 2.24) is 10.1 Å². The Hall–Kier alpha value is -3.79. The van der Waals surface area contributed by atoms with Crippen molar-refractivity contribution in [2.75, 3.05) is 12.4 Å². The zero-order chi connectivity index (χ0) is 27.3. The van der Waals surface area contributed by atoms with Gasteiger partial charge < -0.3 is 24.6 Å².